The van der Waals surface area contributed by atoms with Gasteiger partial charge in [-0.05, 0) is 44.0 Å². The van der Waals surface area contributed by atoms with Crippen molar-refractivity contribution in [2.75, 3.05) is 0 Å². The third-order valence-electron chi connectivity index (χ3n) is 2.39. The van der Waals surface area contributed by atoms with Crippen molar-refractivity contribution < 1.29 is 4.39 Å². The van der Waals surface area contributed by atoms with E-state index in [4.69, 9.17) is 5.73 Å². The molecule has 1 heterocycles. The van der Waals surface area contributed by atoms with Gasteiger partial charge < -0.3 is 5.73 Å². The SMILES string of the molecule is CC(C)(N)Cc1cc(F)cc2cccnc12. The molecule has 0 saturated carbocycles. The Labute approximate surface area is 94.3 Å². The minimum absolute atomic E-state index is 0.236. The highest BCUT2D eigenvalue weighted by molar-refractivity contribution is 5.81. The number of halogens is 1. The quantitative estimate of drug-likeness (QED) is 0.841. The van der Waals surface area contributed by atoms with Gasteiger partial charge in [-0.2, -0.15) is 0 Å². The van der Waals surface area contributed by atoms with E-state index < -0.39 is 0 Å². The van der Waals surface area contributed by atoms with Gasteiger partial charge in [-0.15, -0.1) is 0 Å². The molecule has 84 valence electrons. The molecule has 0 amide bonds. The Bertz CT molecular complexity index is 515. The molecule has 2 N–H and O–H groups in total. The summed E-state index contributed by atoms with van der Waals surface area (Å²) in [5.74, 6) is -0.236. The lowest BCUT2D eigenvalue weighted by atomic mass is 9.94. The predicted molar refractivity (Wildman–Crippen MR) is 63.7 cm³/mol. The molecule has 0 aliphatic heterocycles. The molecule has 0 bridgehead atoms. The summed E-state index contributed by atoms with van der Waals surface area (Å²) in [5.41, 5.74) is 7.30. The van der Waals surface area contributed by atoms with Gasteiger partial charge in [-0.1, -0.05) is 6.07 Å². The molecule has 0 radical (unpaired) electrons. The minimum Gasteiger partial charge on any atom is -0.325 e. The first-order chi connectivity index (χ1) is 7.46. The number of hydrogen-bond acceptors (Lipinski definition) is 2. The van der Waals surface area contributed by atoms with E-state index in [9.17, 15) is 4.39 Å². The van der Waals surface area contributed by atoms with Crippen molar-refractivity contribution in [3.63, 3.8) is 0 Å². The van der Waals surface area contributed by atoms with Crippen LogP contribution in [0.4, 0.5) is 4.39 Å². The Morgan fingerprint density at radius 1 is 1.38 bits per heavy atom. The van der Waals surface area contributed by atoms with Crippen LogP contribution in [0.1, 0.15) is 19.4 Å². The smallest absolute Gasteiger partial charge is 0.124 e. The van der Waals surface area contributed by atoms with Crippen molar-refractivity contribution in [1.82, 2.24) is 4.98 Å². The van der Waals surface area contributed by atoms with Gasteiger partial charge in [0.25, 0.3) is 0 Å². The molecule has 0 atom stereocenters. The summed E-state index contributed by atoms with van der Waals surface area (Å²) < 4.78 is 13.4. The molecule has 0 aliphatic rings. The minimum atomic E-state index is -0.363. The fourth-order valence-corrected chi connectivity index (χ4v) is 1.85. The summed E-state index contributed by atoms with van der Waals surface area (Å²) in [7, 11) is 0. The molecule has 16 heavy (non-hydrogen) atoms. The monoisotopic (exact) mass is 218 g/mol. The average Bonchev–Trinajstić information content (AvgIpc) is 2.14. The maximum Gasteiger partial charge on any atom is 0.124 e. The van der Waals surface area contributed by atoms with Crippen LogP contribution in [0.25, 0.3) is 10.9 Å². The third-order valence-corrected chi connectivity index (χ3v) is 2.39. The van der Waals surface area contributed by atoms with E-state index in [-0.39, 0.29) is 11.4 Å². The second-order valence-corrected chi connectivity index (χ2v) is 4.81. The van der Waals surface area contributed by atoms with Gasteiger partial charge in [-0.25, -0.2) is 4.39 Å². The fraction of sp³-hybridized carbons (Fsp3) is 0.308. The molecule has 0 spiro atoms. The Morgan fingerprint density at radius 2 is 2.12 bits per heavy atom. The van der Waals surface area contributed by atoms with Gasteiger partial charge in [-0.3, -0.25) is 4.98 Å². The van der Waals surface area contributed by atoms with Crippen LogP contribution < -0.4 is 5.73 Å². The van der Waals surface area contributed by atoms with E-state index in [1.54, 1.807) is 12.3 Å². The molecular formula is C13H15FN2. The first kappa shape index (κ1) is 11.0. The van der Waals surface area contributed by atoms with Crippen LogP contribution in [0.15, 0.2) is 30.5 Å². The van der Waals surface area contributed by atoms with E-state index >= 15 is 0 Å². The van der Waals surface area contributed by atoms with Gasteiger partial charge in [0.2, 0.25) is 0 Å². The standard InChI is InChI=1S/C13H15FN2/c1-13(2,15)8-10-7-11(14)6-9-4-3-5-16-12(9)10/h3-7H,8,15H2,1-2H3. The molecule has 1 aromatic heterocycles. The van der Waals surface area contributed by atoms with Crippen LogP contribution in [-0.4, -0.2) is 10.5 Å². The number of aromatic nitrogens is 1. The lowest BCUT2D eigenvalue weighted by Gasteiger charge is -2.19. The van der Waals surface area contributed by atoms with Crippen LogP contribution >= 0.6 is 0 Å². The van der Waals surface area contributed by atoms with Crippen molar-refractivity contribution in [2.45, 2.75) is 25.8 Å². The summed E-state index contributed by atoms with van der Waals surface area (Å²) in [6.07, 6.45) is 2.32. The van der Waals surface area contributed by atoms with Crippen molar-refractivity contribution >= 4 is 10.9 Å². The van der Waals surface area contributed by atoms with Crippen LogP contribution in [-0.2, 0) is 6.42 Å². The highest BCUT2D eigenvalue weighted by Gasteiger charge is 2.15. The fourth-order valence-electron chi connectivity index (χ4n) is 1.85. The summed E-state index contributed by atoms with van der Waals surface area (Å²) in [4.78, 5) is 4.28. The zero-order valence-corrected chi connectivity index (χ0v) is 9.50. The van der Waals surface area contributed by atoms with E-state index in [1.807, 2.05) is 19.9 Å². The lowest BCUT2D eigenvalue weighted by molar-refractivity contribution is 0.516. The number of benzene rings is 1. The number of nitrogens with two attached hydrogens (primary N) is 1. The van der Waals surface area contributed by atoms with Gasteiger partial charge in [0.1, 0.15) is 5.82 Å². The van der Waals surface area contributed by atoms with Crippen LogP contribution in [0.5, 0.6) is 0 Å². The zero-order chi connectivity index (χ0) is 11.8. The molecule has 2 rings (SSSR count). The van der Waals surface area contributed by atoms with Crippen molar-refractivity contribution in [3.8, 4) is 0 Å². The predicted octanol–water partition coefficient (Wildman–Crippen LogP) is 2.65. The highest BCUT2D eigenvalue weighted by atomic mass is 19.1. The maximum atomic E-state index is 13.4. The highest BCUT2D eigenvalue weighted by Crippen LogP contribution is 2.21. The molecule has 0 fully saturated rings. The molecule has 2 aromatic rings. The van der Waals surface area contributed by atoms with Crippen molar-refractivity contribution in [2.24, 2.45) is 5.73 Å². The van der Waals surface area contributed by atoms with Crippen LogP contribution in [0.3, 0.4) is 0 Å². The second-order valence-electron chi connectivity index (χ2n) is 4.81. The molecule has 3 heteroatoms. The number of rotatable bonds is 2. The molecular weight excluding hydrogens is 203 g/mol. The van der Waals surface area contributed by atoms with E-state index in [0.717, 1.165) is 16.5 Å². The molecule has 0 aliphatic carbocycles. The number of hydrogen-bond donors (Lipinski definition) is 1. The van der Waals surface area contributed by atoms with Gasteiger partial charge in [0.15, 0.2) is 0 Å². The molecule has 0 unspecified atom stereocenters. The number of nitrogens with zero attached hydrogens (tertiary/aromatic N) is 1. The maximum absolute atomic E-state index is 13.4. The number of fused-ring (bicyclic) bond motifs is 1. The van der Waals surface area contributed by atoms with E-state index in [0.29, 0.717) is 6.42 Å². The lowest BCUT2D eigenvalue weighted by Crippen LogP contribution is -2.34. The van der Waals surface area contributed by atoms with E-state index in [1.165, 1.54) is 12.1 Å². The van der Waals surface area contributed by atoms with Crippen LogP contribution in [0, 0.1) is 5.82 Å². The van der Waals surface area contributed by atoms with Crippen molar-refractivity contribution in [1.29, 1.82) is 0 Å². The average molecular weight is 218 g/mol. The third kappa shape index (κ3) is 2.36. The summed E-state index contributed by atoms with van der Waals surface area (Å²) >= 11 is 0. The normalized spacial score (nSPS) is 12.0. The summed E-state index contributed by atoms with van der Waals surface area (Å²) in [6, 6.07) is 6.68. The van der Waals surface area contributed by atoms with Crippen molar-refractivity contribution in [3.05, 3.63) is 41.8 Å². The van der Waals surface area contributed by atoms with Gasteiger partial charge >= 0.3 is 0 Å². The Morgan fingerprint density at radius 3 is 2.81 bits per heavy atom. The topological polar surface area (TPSA) is 38.9 Å². The van der Waals surface area contributed by atoms with Gasteiger partial charge in [0, 0.05) is 17.1 Å². The second kappa shape index (κ2) is 3.83. The molecule has 1 aromatic carbocycles. The summed E-state index contributed by atoms with van der Waals surface area (Å²) in [6.45, 7) is 3.85. The van der Waals surface area contributed by atoms with Gasteiger partial charge in [0.05, 0.1) is 5.52 Å². The Hall–Kier alpha value is -1.48. The molecule has 0 saturated heterocycles. The Kier molecular flexibility index (Phi) is 2.64. The van der Waals surface area contributed by atoms with Crippen LogP contribution in [0.2, 0.25) is 0 Å². The zero-order valence-electron chi connectivity index (χ0n) is 9.50. The molecule has 2 nitrogen and oxygen atoms in total. The van der Waals surface area contributed by atoms with E-state index in [2.05, 4.69) is 4.98 Å². The largest absolute Gasteiger partial charge is 0.325 e. The first-order valence-corrected chi connectivity index (χ1v) is 5.28. The Balaban J connectivity index is 2.59. The number of pyridine rings is 1. The summed E-state index contributed by atoms with van der Waals surface area (Å²) in [5, 5.41) is 0.821. The first-order valence-electron chi connectivity index (χ1n) is 5.28.